The highest BCUT2D eigenvalue weighted by Gasteiger charge is 2.42. The number of phenolic OH excluding ortho intramolecular Hbond substituents is 1. The summed E-state index contributed by atoms with van der Waals surface area (Å²) in [5.74, 6) is -1.77. The fourth-order valence-corrected chi connectivity index (χ4v) is 9.02. The molecule has 2 atom stereocenters. The number of pyridine rings is 1. The predicted octanol–water partition coefficient (Wildman–Crippen LogP) is 6.20. The van der Waals surface area contributed by atoms with Crippen LogP contribution in [0.4, 0.5) is 8.78 Å². The maximum absolute atomic E-state index is 14.2. The van der Waals surface area contributed by atoms with Gasteiger partial charge >= 0.3 is 12.1 Å². The molecule has 0 bridgehead atoms. The Kier molecular flexibility index (Phi) is 15.8. The van der Waals surface area contributed by atoms with Gasteiger partial charge in [-0.2, -0.15) is 8.78 Å². The number of esters is 1. The van der Waals surface area contributed by atoms with Gasteiger partial charge in [0.15, 0.2) is 6.61 Å². The van der Waals surface area contributed by atoms with E-state index in [0.29, 0.717) is 41.8 Å². The molecule has 15 nitrogen and oxygen atoms in total. The third-order valence-corrected chi connectivity index (χ3v) is 12.9. The second-order valence-electron chi connectivity index (χ2n) is 18.3. The molecule has 2 heterocycles. The fourth-order valence-electron chi connectivity index (χ4n) is 9.02. The third kappa shape index (κ3) is 12.8. The number of benzene rings is 5. The molecule has 0 radical (unpaired) electrons. The molecule has 7 N–H and O–H groups in total. The van der Waals surface area contributed by atoms with E-state index in [2.05, 4.69) is 38.0 Å². The molecular formula is C54H57F2N5O10. The molecule has 1 aromatic heterocycles. The van der Waals surface area contributed by atoms with Crippen molar-refractivity contribution in [1.29, 1.82) is 0 Å². The summed E-state index contributed by atoms with van der Waals surface area (Å²) >= 11 is 0. The Bertz CT molecular complexity index is 2870. The van der Waals surface area contributed by atoms with Crippen molar-refractivity contribution in [1.82, 2.24) is 25.8 Å². The summed E-state index contributed by atoms with van der Waals surface area (Å²) < 4.78 is 44.9. The van der Waals surface area contributed by atoms with E-state index in [0.717, 1.165) is 32.5 Å². The van der Waals surface area contributed by atoms with E-state index < -0.39 is 41.2 Å². The number of amides is 2. The minimum atomic E-state index is -3.57. The Hall–Kier alpha value is -7.18. The van der Waals surface area contributed by atoms with Gasteiger partial charge in [0.25, 0.3) is 11.8 Å². The quantitative estimate of drug-likeness (QED) is 0.0427. The lowest BCUT2D eigenvalue weighted by atomic mass is 9.86. The largest absolute Gasteiger partial charge is 0.506 e. The average molecular weight is 974 g/mol. The zero-order chi connectivity index (χ0) is 50.1. The highest BCUT2D eigenvalue weighted by molar-refractivity contribution is 5.95. The van der Waals surface area contributed by atoms with Crippen molar-refractivity contribution in [2.75, 3.05) is 32.8 Å². The van der Waals surface area contributed by atoms with E-state index in [1.807, 2.05) is 18.2 Å². The van der Waals surface area contributed by atoms with E-state index in [9.17, 15) is 43.3 Å². The zero-order valence-corrected chi connectivity index (χ0v) is 39.1. The number of halogens is 2. The highest BCUT2D eigenvalue weighted by atomic mass is 19.3. The van der Waals surface area contributed by atoms with Crippen molar-refractivity contribution in [2.24, 2.45) is 5.92 Å². The van der Waals surface area contributed by atoms with Crippen LogP contribution in [0.3, 0.4) is 0 Å². The number of fused-ring (bicyclic) bond motifs is 1. The van der Waals surface area contributed by atoms with Crippen molar-refractivity contribution in [2.45, 2.75) is 75.6 Å². The van der Waals surface area contributed by atoms with Gasteiger partial charge in [0.1, 0.15) is 17.2 Å². The number of aromatic amines is 1. The maximum atomic E-state index is 14.2. The number of hydrogen-bond acceptors (Lipinski definition) is 12. The number of aliphatic hydroxyl groups excluding tert-OH is 1. The van der Waals surface area contributed by atoms with E-state index in [4.69, 9.17) is 14.2 Å². The highest BCUT2D eigenvalue weighted by Crippen LogP contribution is 2.35. The van der Waals surface area contributed by atoms with Crippen LogP contribution in [0.1, 0.15) is 76.9 Å². The Morgan fingerprint density at radius 1 is 0.845 bits per heavy atom. The van der Waals surface area contributed by atoms with Gasteiger partial charge in [-0.3, -0.25) is 19.3 Å². The number of nitrogens with one attached hydrogen (secondary N) is 4. The number of likely N-dealkylation sites (tertiary alicyclic amines) is 1. The van der Waals surface area contributed by atoms with Crippen molar-refractivity contribution < 1.29 is 52.7 Å². The number of carbonyl (C=O) groups is 3. The van der Waals surface area contributed by atoms with Gasteiger partial charge in [-0.1, -0.05) is 84.9 Å². The summed E-state index contributed by atoms with van der Waals surface area (Å²) in [6, 6.07) is 34.4. The summed E-state index contributed by atoms with van der Waals surface area (Å²) in [5, 5.41) is 42.5. The number of hydrogen-bond donors (Lipinski definition) is 7. The Morgan fingerprint density at radius 2 is 1.55 bits per heavy atom. The van der Waals surface area contributed by atoms with Crippen LogP contribution < -0.4 is 31.0 Å². The van der Waals surface area contributed by atoms with Crippen LogP contribution >= 0.6 is 0 Å². The topological polar surface area (TPSA) is 212 Å². The number of H-pyrrole nitrogens is 1. The average Bonchev–Trinajstić information content (AvgIpc) is 3.35. The first-order chi connectivity index (χ1) is 34.1. The minimum Gasteiger partial charge on any atom is -0.506 e. The summed E-state index contributed by atoms with van der Waals surface area (Å²) in [5.41, 5.74) is 0.169. The number of nitrogens with zero attached hydrogens (tertiary/aromatic N) is 1. The van der Waals surface area contributed by atoms with E-state index in [1.165, 1.54) is 54.1 Å². The molecule has 1 aliphatic carbocycles. The number of aromatic nitrogens is 1. The number of alkyl halides is 2. The molecule has 17 heteroatoms. The van der Waals surface area contributed by atoms with Crippen molar-refractivity contribution in [3.63, 3.8) is 0 Å². The second-order valence-corrected chi connectivity index (χ2v) is 18.3. The van der Waals surface area contributed by atoms with Crippen molar-refractivity contribution in [3.8, 4) is 17.2 Å². The predicted molar refractivity (Wildman–Crippen MR) is 260 cm³/mol. The number of aliphatic hydroxyl groups is 2. The van der Waals surface area contributed by atoms with Gasteiger partial charge < -0.3 is 50.5 Å². The Labute approximate surface area is 408 Å². The van der Waals surface area contributed by atoms with Crippen LogP contribution in [0.15, 0.2) is 132 Å². The van der Waals surface area contributed by atoms with Crippen LogP contribution in [-0.2, 0) is 33.0 Å². The third-order valence-electron chi connectivity index (χ3n) is 12.9. The van der Waals surface area contributed by atoms with Gasteiger partial charge in [0, 0.05) is 66.8 Å². The zero-order valence-electron chi connectivity index (χ0n) is 39.1. The molecular weight excluding hydrogens is 917 g/mol. The van der Waals surface area contributed by atoms with Crippen LogP contribution in [0, 0.1) is 5.92 Å². The first-order valence-corrected chi connectivity index (χ1v) is 23.6. The number of carbonyl (C=O) groups excluding carboxylic acids is 3. The lowest BCUT2D eigenvalue weighted by Crippen LogP contribution is -2.54. The summed E-state index contributed by atoms with van der Waals surface area (Å²) in [4.78, 5) is 56.9. The van der Waals surface area contributed by atoms with Gasteiger partial charge in [0.05, 0.1) is 18.2 Å². The maximum Gasteiger partial charge on any atom is 0.394 e. The van der Waals surface area contributed by atoms with Crippen LogP contribution in [0.2, 0.25) is 0 Å². The van der Waals surface area contributed by atoms with Crippen LogP contribution in [0.25, 0.3) is 10.9 Å². The Morgan fingerprint density at radius 3 is 2.28 bits per heavy atom. The molecule has 2 fully saturated rings. The molecule has 1 aliphatic heterocycles. The molecule has 6 aromatic rings. The van der Waals surface area contributed by atoms with E-state index in [1.54, 1.807) is 48.5 Å². The molecule has 2 aliphatic rings. The van der Waals surface area contributed by atoms with Gasteiger partial charge in [0.2, 0.25) is 11.2 Å². The number of phenols is 1. The molecule has 0 spiro atoms. The molecule has 1 unspecified atom stereocenters. The number of piperidine rings is 1. The van der Waals surface area contributed by atoms with E-state index >= 15 is 0 Å². The smallest absolute Gasteiger partial charge is 0.394 e. The SMILES string of the molecule is CC(F)(F)Oc1cc(C(=O)NC2CC(NC(=O)COc3cccc(C(O)(C(=O)OCC4CCN(Cc5ccccc5)CC4)c4ccccc4)c3)C2)ccc1CNC[C@H](O)c1ccc(O)c2[nH]c(=O)ccc12. The van der Waals surface area contributed by atoms with Crippen LogP contribution in [0.5, 0.6) is 17.2 Å². The standard InChI is InChI=1S/C54H57F2N5O10/c1-53(55,56)71-47-25-36(15-16-37(47)29-57-30-46(63)43-17-19-45(62)50-44(43)18-20-48(64)60-50)51(66)59-41-27-40(28-41)58-49(65)33-69-42-14-8-13-39(26-42)54(68,38-11-6-3-7-12-38)52(67)70-32-35-21-23-61(24-22-35)31-34-9-4-2-5-10-34/h2-20,25-26,35,40-41,46,57,62-63,68H,21-24,27-33H2,1H3,(H,58,65)(H,59,66)(H,60,64)/t40?,41?,46-,54?/m0/s1. The first-order valence-electron chi connectivity index (χ1n) is 23.6. The molecule has 5 aromatic carbocycles. The molecule has 2 amide bonds. The van der Waals surface area contributed by atoms with Gasteiger partial charge in [-0.15, -0.1) is 0 Å². The van der Waals surface area contributed by atoms with Gasteiger partial charge in [-0.25, -0.2) is 4.79 Å². The second kappa shape index (κ2) is 22.3. The number of ether oxygens (including phenoxy) is 3. The molecule has 1 saturated carbocycles. The van der Waals surface area contributed by atoms with E-state index in [-0.39, 0.29) is 78.2 Å². The van der Waals surface area contributed by atoms with Gasteiger partial charge in [-0.05, 0) is 97.8 Å². The van der Waals surface area contributed by atoms with Crippen LogP contribution in [-0.4, -0.2) is 94.0 Å². The summed E-state index contributed by atoms with van der Waals surface area (Å²) in [6.07, 6.45) is -2.16. The molecule has 372 valence electrons. The minimum absolute atomic E-state index is 0.0167. The fraction of sp³-hybridized carbons (Fsp3) is 0.333. The first kappa shape index (κ1) is 50.2. The summed E-state index contributed by atoms with van der Waals surface area (Å²) in [6.45, 7) is 2.94. The monoisotopic (exact) mass is 973 g/mol. The molecule has 71 heavy (non-hydrogen) atoms. The summed E-state index contributed by atoms with van der Waals surface area (Å²) in [7, 11) is 0. The molecule has 8 rings (SSSR count). The lowest BCUT2D eigenvalue weighted by Gasteiger charge is -2.36. The normalized spacial score (nSPS) is 17.6. The lowest BCUT2D eigenvalue weighted by molar-refractivity contribution is -0.164. The number of aromatic hydroxyl groups is 1. The van der Waals surface area contributed by atoms with Crippen molar-refractivity contribution in [3.05, 3.63) is 171 Å². The molecule has 1 saturated heterocycles. The Balaban J connectivity index is 0.804. The number of rotatable bonds is 20. The van der Waals surface area contributed by atoms with Crippen molar-refractivity contribution >= 4 is 28.7 Å².